The number of anilines is 1. The minimum absolute atomic E-state index is 0.0930. The van der Waals surface area contributed by atoms with Gasteiger partial charge in [0.05, 0.1) is 25.0 Å². The van der Waals surface area contributed by atoms with Gasteiger partial charge in [-0.05, 0) is 29.4 Å². The minimum Gasteiger partial charge on any atom is -0.394 e. The van der Waals surface area contributed by atoms with E-state index in [4.69, 9.17) is 5.11 Å². The maximum Gasteiger partial charge on any atom is 0.283 e. The Morgan fingerprint density at radius 3 is 3.06 bits per heavy atom. The van der Waals surface area contributed by atoms with E-state index in [0.717, 1.165) is 25.2 Å². The Morgan fingerprint density at radius 2 is 2.44 bits per heavy atom. The SMILES string of the molecule is CNC1CCN(c2cnn(CCO)c(=O)c2Br)C1. The number of likely N-dealkylation sites (N-methyl/N-ethyl adjacent to an activating group) is 1. The Morgan fingerprint density at radius 1 is 1.67 bits per heavy atom. The molecule has 1 unspecified atom stereocenters. The highest BCUT2D eigenvalue weighted by Gasteiger charge is 2.24. The van der Waals surface area contributed by atoms with Crippen LogP contribution >= 0.6 is 15.9 Å². The summed E-state index contributed by atoms with van der Waals surface area (Å²) in [7, 11) is 1.95. The molecule has 0 bridgehead atoms. The summed E-state index contributed by atoms with van der Waals surface area (Å²) in [6.45, 7) is 1.91. The van der Waals surface area contributed by atoms with E-state index in [2.05, 4.69) is 31.2 Å². The van der Waals surface area contributed by atoms with Crippen molar-refractivity contribution in [3.8, 4) is 0 Å². The summed E-state index contributed by atoms with van der Waals surface area (Å²) in [5, 5.41) is 16.2. The van der Waals surface area contributed by atoms with Crippen molar-refractivity contribution in [3.05, 3.63) is 21.0 Å². The molecule has 1 aromatic rings. The second-order valence-electron chi connectivity index (χ2n) is 4.32. The predicted molar refractivity (Wildman–Crippen MR) is 73.0 cm³/mol. The molecule has 1 saturated heterocycles. The molecule has 2 heterocycles. The molecule has 1 aliphatic rings. The van der Waals surface area contributed by atoms with Crippen LogP contribution in [0.25, 0.3) is 0 Å². The zero-order valence-corrected chi connectivity index (χ0v) is 11.9. The molecule has 6 nitrogen and oxygen atoms in total. The highest BCUT2D eigenvalue weighted by Crippen LogP contribution is 2.25. The van der Waals surface area contributed by atoms with Gasteiger partial charge in [-0.25, -0.2) is 4.68 Å². The van der Waals surface area contributed by atoms with E-state index < -0.39 is 0 Å². The zero-order chi connectivity index (χ0) is 13.1. The standard InChI is InChI=1S/C11H17BrN4O2/c1-13-8-2-3-15(7-8)9-6-14-16(4-5-17)11(18)10(9)12/h6,8,13,17H,2-5,7H2,1H3. The fourth-order valence-electron chi connectivity index (χ4n) is 2.15. The van der Waals surface area contributed by atoms with Crippen molar-refractivity contribution in [2.45, 2.75) is 19.0 Å². The Bertz CT molecular complexity index is 477. The smallest absolute Gasteiger partial charge is 0.283 e. The van der Waals surface area contributed by atoms with Crippen molar-refractivity contribution >= 4 is 21.6 Å². The van der Waals surface area contributed by atoms with Gasteiger partial charge in [-0.2, -0.15) is 5.10 Å². The molecule has 1 aromatic heterocycles. The molecule has 7 heteroatoms. The predicted octanol–water partition coefficient (Wildman–Crippen LogP) is -0.204. The quantitative estimate of drug-likeness (QED) is 0.805. The molecule has 0 aliphatic carbocycles. The maximum atomic E-state index is 12.0. The first-order valence-corrected chi connectivity index (χ1v) is 6.75. The number of hydrogen-bond acceptors (Lipinski definition) is 5. The van der Waals surface area contributed by atoms with Crippen LogP contribution in [0.4, 0.5) is 5.69 Å². The Kier molecular flexibility index (Phi) is 4.36. The van der Waals surface area contributed by atoms with Gasteiger partial charge in [0.25, 0.3) is 5.56 Å². The first kappa shape index (κ1) is 13.5. The number of rotatable bonds is 4. The minimum atomic E-state index is -0.200. The van der Waals surface area contributed by atoms with Gasteiger partial charge in [0, 0.05) is 19.1 Å². The van der Waals surface area contributed by atoms with Crippen LogP contribution in [0.15, 0.2) is 15.5 Å². The third-order valence-electron chi connectivity index (χ3n) is 3.22. The van der Waals surface area contributed by atoms with Gasteiger partial charge in [0.2, 0.25) is 0 Å². The Labute approximate surface area is 114 Å². The van der Waals surface area contributed by atoms with Crippen molar-refractivity contribution in [1.82, 2.24) is 15.1 Å². The summed E-state index contributed by atoms with van der Waals surface area (Å²) in [4.78, 5) is 14.1. The van der Waals surface area contributed by atoms with Gasteiger partial charge in [-0.15, -0.1) is 0 Å². The lowest BCUT2D eigenvalue weighted by atomic mass is 10.3. The normalized spacial score (nSPS) is 19.5. The fraction of sp³-hybridized carbons (Fsp3) is 0.636. The van der Waals surface area contributed by atoms with Crippen LogP contribution in [-0.2, 0) is 6.54 Å². The molecule has 18 heavy (non-hydrogen) atoms. The fourth-order valence-corrected chi connectivity index (χ4v) is 2.70. The van der Waals surface area contributed by atoms with E-state index in [9.17, 15) is 4.79 Å². The average molecular weight is 317 g/mol. The Balaban J connectivity index is 2.25. The molecule has 2 rings (SSSR count). The lowest BCUT2D eigenvalue weighted by Gasteiger charge is -2.19. The molecule has 100 valence electrons. The van der Waals surface area contributed by atoms with Crippen LogP contribution < -0.4 is 15.8 Å². The van der Waals surface area contributed by atoms with Crippen LogP contribution in [0.2, 0.25) is 0 Å². The van der Waals surface area contributed by atoms with E-state index in [-0.39, 0.29) is 18.7 Å². The third kappa shape index (κ3) is 2.57. The number of halogens is 1. The summed E-state index contributed by atoms with van der Waals surface area (Å²) in [5.74, 6) is 0. The summed E-state index contributed by atoms with van der Waals surface area (Å²) in [6.07, 6.45) is 2.74. The van der Waals surface area contributed by atoms with Crippen molar-refractivity contribution in [3.63, 3.8) is 0 Å². The maximum absolute atomic E-state index is 12.0. The molecule has 1 aliphatic heterocycles. The lowest BCUT2D eigenvalue weighted by Crippen LogP contribution is -2.32. The summed E-state index contributed by atoms with van der Waals surface area (Å²) in [5.41, 5.74) is 0.626. The molecule has 0 radical (unpaired) electrons. The number of aliphatic hydroxyl groups excluding tert-OH is 1. The van der Waals surface area contributed by atoms with Crippen molar-refractivity contribution in [2.24, 2.45) is 0 Å². The second-order valence-corrected chi connectivity index (χ2v) is 5.11. The largest absolute Gasteiger partial charge is 0.394 e. The van der Waals surface area contributed by atoms with E-state index in [1.54, 1.807) is 6.20 Å². The monoisotopic (exact) mass is 316 g/mol. The van der Waals surface area contributed by atoms with Gasteiger partial charge < -0.3 is 15.3 Å². The molecule has 1 atom stereocenters. The number of aliphatic hydroxyl groups is 1. The lowest BCUT2D eigenvalue weighted by molar-refractivity contribution is 0.266. The molecule has 0 saturated carbocycles. The molecular weight excluding hydrogens is 300 g/mol. The second kappa shape index (κ2) is 5.81. The molecule has 2 N–H and O–H groups in total. The van der Waals surface area contributed by atoms with E-state index in [1.165, 1.54) is 4.68 Å². The first-order valence-electron chi connectivity index (χ1n) is 5.96. The number of hydrogen-bond donors (Lipinski definition) is 2. The van der Waals surface area contributed by atoms with Crippen molar-refractivity contribution in [1.29, 1.82) is 0 Å². The van der Waals surface area contributed by atoms with Crippen LogP contribution in [0.5, 0.6) is 0 Å². The molecule has 0 aromatic carbocycles. The Hall–Kier alpha value is -0.920. The zero-order valence-electron chi connectivity index (χ0n) is 10.3. The number of aromatic nitrogens is 2. The summed E-state index contributed by atoms with van der Waals surface area (Å²) < 4.78 is 1.78. The van der Waals surface area contributed by atoms with Gasteiger partial charge in [-0.1, -0.05) is 0 Å². The van der Waals surface area contributed by atoms with E-state index >= 15 is 0 Å². The number of nitrogens with zero attached hydrogens (tertiary/aromatic N) is 3. The van der Waals surface area contributed by atoms with Crippen LogP contribution in [0.1, 0.15) is 6.42 Å². The van der Waals surface area contributed by atoms with E-state index in [0.29, 0.717) is 10.5 Å². The first-order chi connectivity index (χ1) is 8.67. The van der Waals surface area contributed by atoms with Crippen LogP contribution in [0.3, 0.4) is 0 Å². The summed E-state index contributed by atoms with van der Waals surface area (Å²) in [6, 6.07) is 0.455. The highest BCUT2D eigenvalue weighted by molar-refractivity contribution is 9.10. The van der Waals surface area contributed by atoms with Crippen LogP contribution in [-0.4, -0.2) is 47.7 Å². The van der Waals surface area contributed by atoms with Crippen molar-refractivity contribution < 1.29 is 5.11 Å². The highest BCUT2D eigenvalue weighted by atomic mass is 79.9. The number of nitrogens with one attached hydrogen (secondary N) is 1. The van der Waals surface area contributed by atoms with Crippen LogP contribution in [0, 0.1) is 0 Å². The summed E-state index contributed by atoms with van der Waals surface area (Å²) >= 11 is 3.34. The van der Waals surface area contributed by atoms with E-state index in [1.807, 2.05) is 7.05 Å². The van der Waals surface area contributed by atoms with Gasteiger partial charge in [0.1, 0.15) is 4.47 Å². The van der Waals surface area contributed by atoms with Gasteiger partial charge >= 0.3 is 0 Å². The van der Waals surface area contributed by atoms with Crippen molar-refractivity contribution in [2.75, 3.05) is 31.6 Å². The van der Waals surface area contributed by atoms with Gasteiger partial charge in [0.15, 0.2) is 0 Å². The average Bonchev–Trinajstić information content (AvgIpc) is 2.84. The topological polar surface area (TPSA) is 70.4 Å². The third-order valence-corrected chi connectivity index (χ3v) is 3.96. The molecule has 0 amide bonds. The molecular formula is C11H17BrN4O2. The molecule has 1 fully saturated rings. The molecule has 0 spiro atoms. The van der Waals surface area contributed by atoms with Gasteiger partial charge in [-0.3, -0.25) is 4.79 Å².